The number of sulfone groups is 1. The van der Waals surface area contributed by atoms with Gasteiger partial charge in [0.05, 0.1) is 32.3 Å². The van der Waals surface area contributed by atoms with Gasteiger partial charge in [0.25, 0.3) is 0 Å². The lowest BCUT2D eigenvalue weighted by atomic mass is 9.91. The van der Waals surface area contributed by atoms with Crippen LogP contribution in [0.2, 0.25) is 0 Å². The van der Waals surface area contributed by atoms with Gasteiger partial charge in [0.2, 0.25) is 11.8 Å². The van der Waals surface area contributed by atoms with E-state index in [2.05, 4.69) is 15.2 Å². The van der Waals surface area contributed by atoms with Crippen LogP contribution >= 0.6 is 11.3 Å². The summed E-state index contributed by atoms with van der Waals surface area (Å²) in [4.78, 5) is 10.2. The van der Waals surface area contributed by atoms with E-state index in [1.807, 2.05) is 12.1 Å². The second-order valence-electron chi connectivity index (χ2n) is 9.10. The lowest BCUT2D eigenvalue weighted by Crippen LogP contribution is -2.16. The van der Waals surface area contributed by atoms with Gasteiger partial charge in [-0.1, -0.05) is 0 Å². The van der Waals surface area contributed by atoms with E-state index in [0.29, 0.717) is 53.2 Å². The van der Waals surface area contributed by atoms with E-state index in [1.165, 1.54) is 11.3 Å². The van der Waals surface area contributed by atoms with E-state index in [9.17, 15) is 8.42 Å². The summed E-state index contributed by atoms with van der Waals surface area (Å²) in [6.07, 6.45) is 5.71. The van der Waals surface area contributed by atoms with Crippen molar-refractivity contribution in [1.29, 1.82) is 0 Å². The van der Waals surface area contributed by atoms with Crippen molar-refractivity contribution < 1.29 is 17.6 Å². The average molecular weight is 512 g/mol. The largest absolute Gasteiger partial charge is 0.421 e. The summed E-state index contributed by atoms with van der Waals surface area (Å²) < 4.78 is 38.8. The summed E-state index contributed by atoms with van der Waals surface area (Å²) in [5.41, 5.74) is 8.77. The van der Waals surface area contributed by atoms with Crippen molar-refractivity contribution in [3.05, 3.63) is 35.6 Å². The summed E-state index contributed by atoms with van der Waals surface area (Å²) in [7, 11) is -3.52. The predicted octanol–water partition coefficient (Wildman–Crippen LogP) is 3.99. The molecule has 9 nitrogen and oxygen atoms in total. The normalized spacial score (nSPS) is 17.7. The van der Waals surface area contributed by atoms with Crippen molar-refractivity contribution in [1.82, 2.24) is 20.2 Å². The lowest BCUT2D eigenvalue weighted by molar-refractivity contribution is 0.0639. The van der Waals surface area contributed by atoms with Crippen LogP contribution in [0.1, 0.15) is 36.5 Å². The number of aromatic nitrogens is 4. The third kappa shape index (κ3) is 4.01. The maximum atomic E-state index is 13.3. The van der Waals surface area contributed by atoms with Gasteiger partial charge >= 0.3 is 0 Å². The minimum absolute atomic E-state index is 0.0443. The smallest absolute Gasteiger partial charge is 0.250 e. The number of aryl methyl sites for hydroxylation is 3. The number of anilines is 1. The average Bonchev–Trinajstić information content (AvgIpc) is 3.55. The molecule has 1 fully saturated rings. The summed E-state index contributed by atoms with van der Waals surface area (Å²) in [5, 5.41) is 9.25. The fraction of sp³-hybridized carbons (Fsp3) is 0.417. The number of rotatable bonds is 5. The highest BCUT2D eigenvalue weighted by molar-refractivity contribution is 7.91. The van der Waals surface area contributed by atoms with Crippen LogP contribution in [0.15, 0.2) is 27.6 Å². The van der Waals surface area contributed by atoms with Crippen LogP contribution < -0.4 is 5.73 Å². The third-order valence-electron chi connectivity index (χ3n) is 6.79. The molecule has 0 unspecified atom stereocenters. The van der Waals surface area contributed by atoms with Crippen LogP contribution in [0.3, 0.4) is 0 Å². The molecule has 4 aromatic heterocycles. The minimum atomic E-state index is -3.52. The molecule has 0 bridgehead atoms. The molecular weight excluding hydrogens is 486 g/mol. The molecule has 2 N–H and O–H groups in total. The maximum Gasteiger partial charge on any atom is 0.250 e. The maximum absolute atomic E-state index is 13.3. The van der Waals surface area contributed by atoms with Crippen molar-refractivity contribution in [3.63, 3.8) is 0 Å². The topological polar surface area (TPSA) is 134 Å². The number of nitrogens with two attached hydrogens (primary N) is 1. The summed E-state index contributed by atoms with van der Waals surface area (Å²) in [5.74, 6) is 1.71. The Morgan fingerprint density at radius 1 is 1.20 bits per heavy atom. The Labute approximate surface area is 206 Å². The Morgan fingerprint density at radius 3 is 2.77 bits per heavy atom. The van der Waals surface area contributed by atoms with Crippen LogP contribution in [0.5, 0.6) is 0 Å². The Kier molecular flexibility index (Phi) is 5.58. The highest BCUT2D eigenvalue weighted by Gasteiger charge is 2.36. The van der Waals surface area contributed by atoms with Gasteiger partial charge in [0, 0.05) is 43.2 Å². The van der Waals surface area contributed by atoms with Crippen molar-refractivity contribution in [2.24, 2.45) is 5.92 Å². The van der Waals surface area contributed by atoms with Crippen LogP contribution in [0.25, 0.3) is 32.0 Å². The lowest BCUT2D eigenvalue weighted by Gasteiger charge is -2.22. The zero-order valence-corrected chi connectivity index (χ0v) is 20.9. The summed E-state index contributed by atoms with van der Waals surface area (Å²) in [6, 6.07) is 3.85. The van der Waals surface area contributed by atoms with Gasteiger partial charge in [0.15, 0.2) is 9.84 Å². The Bertz CT molecular complexity index is 1540. The Morgan fingerprint density at radius 2 is 2.03 bits per heavy atom. The number of pyridine rings is 2. The number of hydrogen-bond acceptors (Lipinski definition) is 10. The monoisotopic (exact) mass is 511 g/mol. The number of nitrogens with zero attached hydrogens (tertiary/aromatic N) is 4. The molecule has 11 heteroatoms. The van der Waals surface area contributed by atoms with Gasteiger partial charge < -0.3 is 14.9 Å². The highest BCUT2D eigenvalue weighted by Crippen LogP contribution is 2.47. The van der Waals surface area contributed by atoms with E-state index in [4.69, 9.17) is 19.9 Å². The van der Waals surface area contributed by atoms with E-state index in [-0.39, 0.29) is 10.6 Å². The van der Waals surface area contributed by atoms with Gasteiger partial charge in [-0.15, -0.1) is 21.5 Å². The first kappa shape index (κ1) is 22.6. The molecule has 4 aromatic rings. The van der Waals surface area contributed by atoms with E-state index >= 15 is 0 Å². The van der Waals surface area contributed by atoms with Crippen molar-refractivity contribution in [3.8, 4) is 21.9 Å². The summed E-state index contributed by atoms with van der Waals surface area (Å²) >= 11 is 1.43. The molecule has 6 heterocycles. The van der Waals surface area contributed by atoms with Crippen molar-refractivity contribution in [2.75, 3.05) is 24.7 Å². The van der Waals surface area contributed by atoms with Crippen LogP contribution in [-0.4, -0.2) is 47.5 Å². The zero-order valence-electron chi connectivity index (χ0n) is 19.3. The quantitative estimate of drug-likeness (QED) is 0.422. The number of fused-ring (bicyclic) bond motifs is 2. The first-order chi connectivity index (χ1) is 16.9. The molecule has 2 aliphatic heterocycles. The molecule has 6 rings (SSSR count). The van der Waals surface area contributed by atoms with E-state index in [1.54, 1.807) is 13.1 Å². The first-order valence-corrected chi connectivity index (χ1v) is 14.2. The standard InChI is InChI=1S/C24H25N5O4S2/c1-13-28-29-24(33-13)19-16(3-2-14-5-9-32-10-6-14)27-17-7-11-35(30,31)22(17)20(19)18-12-15-4-8-26-23(25)21(15)34-18/h4,8,12,14H,2-3,5-7,9-11H2,1H3,(H2,25,26). The molecular formula is C24H25N5O4S2. The number of ether oxygens (including phenoxy) is 1. The first-order valence-electron chi connectivity index (χ1n) is 11.7. The van der Waals surface area contributed by atoms with Crippen molar-refractivity contribution >= 4 is 37.1 Å². The molecule has 0 saturated carbocycles. The van der Waals surface area contributed by atoms with Crippen molar-refractivity contribution in [2.45, 2.75) is 43.9 Å². The van der Waals surface area contributed by atoms with Gasteiger partial charge in [-0.2, -0.15) is 0 Å². The summed E-state index contributed by atoms with van der Waals surface area (Å²) in [6.45, 7) is 3.28. The third-order valence-corrected chi connectivity index (χ3v) is 9.79. The Balaban J connectivity index is 1.60. The SMILES string of the molecule is Cc1nnc(-c2c(CCC3CCOCC3)nc3c(c2-c2cc4ccnc(N)c4s2)S(=O)(=O)CC3)o1. The van der Waals surface area contributed by atoms with Crippen LogP contribution in [0.4, 0.5) is 5.82 Å². The fourth-order valence-electron chi connectivity index (χ4n) is 5.04. The van der Waals surface area contributed by atoms with Crippen LogP contribution in [-0.2, 0) is 27.4 Å². The van der Waals surface area contributed by atoms with Gasteiger partial charge in [-0.05, 0) is 49.1 Å². The molecule has 35 heavy (non-hydrogen) atoms. The van der Waals surface area contributed by atoms with Gasteiger partial charge in [-0.3, -0.25) is 4.98 Å². The highest BCUT2D eigenvalue weighted by atomic mass is 32.2. The zero-order chi connectivity index (χ0) is 24.2. The van der Waals surface area contributed by atoms with Gasteiger partial charge in [0.1, 0.15) is 5.82 Å². The fourth-order valence-corrected chi connectivity index (χ4v) is 7.91. The predicted molar refractivity (Wildman–Crippen MR) is 133 cm³/mol. The van der Waals surface area contributed by atoms with Crippen LogP contribution in [0, 0.1) is 12.8 Å². The number of hydrogen-bond donors (Lipinski definition) is 1. The number of nitrogen functional groups attached to an aromatic ring is 1. The van der Waals surface area contributed by atoms with Gasteiger partial charge in [-0.25, -0.2) is 13.4 Å². The molecule has 0 aromatic carbocycles. The minimum Gasteiger partial charge on any atom is -0.421 e. The Hall–Kier alpha value is -2.89. The second kappa shape index (κ2) is 8.65. The molecule has 2 aliphatic rings. The molecule has 1 saturated heterocycles. The number of thiophene rings is 1. The molecule has 0 aliphatic carbocycles. The second-order valence-corrected chi connectivity index (χ2v) is 12.2. The molecule has 182 valence electrons. The molecule has 0 atom stereocenters. The van der Waals surface area contributed by atoms with E-state index < -0.39 is 9.84 Å². The van der Waals surface area contributed by atoms with E-state index in [0.717, 1.165) is 53.1 Å². The molecule has 0 amide bonds. The molecule has 0 radical (unpaired) electrons. The molecule has 0 spiro atoms.